The zero-order valence-electron chi connectivity index (χ0n) is 3.94. The molecule has 0 aliphatic carbocycles. The molecule has 0 radical (unpaired) electrons. The fourth-order valence-corrected chi connectivity index (χ4v) is 0.0752. The van der Waals surface area contributed by atoms with Gasteiger partial charge in [-0.2, -0.15) is 0 Å². The molecule has 10 heavy (non-hydrogen) atoms. The second-order valence-corrected chi connectivity index (χ2v) is 0.767. The first-order valence-corrected chi connectivity index (χ1v) is 1.60. The summed E-state index contributed by atoms with van der Waals surface area (Å²) in [5.41, 5.74) is 0. The molecule has 0 aromatic rings. The van der Waals surface area contributed by atoms with Crippen molar-refractivity contribution in [3.63, 3.8) is 0 Å². The van der Waals surface area contributed by atoms with Gasteiger partial charge in [-0.05, 0) is 0 Å². The number of rotatable bonds is 2. The van der Waals surface area contributed by atoms with Crippen LogP contribution in [-0.4, -0.2) is 52.1 Å². The van der Waals surface area contributed by atoms with Crippen LogP contribution < -0.4 is 0 Å². The first-order valence-electron chi connectivity index (χ1n) is 1.60. The van der Waals surface area contributed by atoms with Crippen LogP contribution in [0.25, 0.3) is 0 Å². The van der Waals surface area contributed by atoms with Crippen LogP contribution in [0.3, 0.4) is 0 Å². The van der Waals surface area contributed by atoms with Crippen molar-refractivity contribution < 1.29 is 34.6 Å². The van der Waals surface area contributed by atoms with E-state index in [2.05, 4.69) is 14.8 Å². The SMILES string of the molecule is O=C(O)OOOC(=O)O.[NaH]. The van der Waals surface area contributed by atoms with Crippen molar-refractivity contribution >= 4 is 41.9 Å². The predicted molar refractivity (Wildman–Crippen MR) is 26.5 cm³/mol. The summed E-state index contributed by atoms with van der Waals surface area (Å²) < 4.78 is 0. The molecule has 0 atom stereocenters. The third-order valence-electron chi connectivity index (χ3n) is 0.211. The van der Waals surface area contributed by atoms with Crippen LogP contribution in [0, 0.1) is 0 Å². The summed E-state index contributed by atoms with van der Waals surface area (Å²) in [7, 11) is 0. The van der Waals surface area contributed by atoms with Crippen LogP contribution in [0.5, 0.6) is 0 Å². The van der Waals surface area contributed by atoms with Crippen molar-refractivity contribution in [2.45, 2.75) is 0 Å². The summed E-state index contributed by atoms with van der Waals surface area (Å²) in [5, 5.41) is 18.4. The quantitative estimate of drug-likeness (QED) is 0.322. The molecule has 0 saturated carbocycles. The summed E-state index contributed by atoms with van der Waals surface area (Å²) in [5.74, 6) is 0. The molecule has 0 heterocycles. The summed E-state index contributed by atoms with van der Waals surface area (Å²) in [6.45, 7) is 0. The molecule has 54 valence electrons. The van der Waals surface area contributed by atoms with Gasteiger partial charge in [0.2, 0.25) is 0 Å². The fraction of sp³-hybridized carbons (Fsp3) is 0. The number of carboxylic acid groups (broad SMARTS) is 2. The maximum absolute atomic E-state index is 9.36. The van der Waals surface area contributed by atoms with Gasteiger partial charge in [-0.25, -0.2) is 19.4 Å². The van der Waals surface area contributed by atoms with Gasteiger partial charge in [0, 0.05) is 0 Å². The van der Waals surface area contributed by atoms with E-state index in [9.17, 15) is 9.59 Å². The third kappa shape index (κ3) is 10.5. The zero-order valence-corrected chi connectivity index (χ0v) is 3.94. The Morgan fingerprint density at radius 3 is 1.50 bits per heavy atom. The van der Waals surface area contributed by atoms with E-state index in [0.717, 1.165) is 0 Å². The van der Waals surface area contributed by atoms with Gasteiger partial charge < -0.3 is 10.2 Å². The van der Waals surface area contributed by atoms with Crippen molar-refractivity contribution in [2.24, 2.45) is 0 Å². The molecule has 0 aliphatic rings. The molecule has 0 aromatic heterocycles. The van der Waals surface area contributed by atoms with Crippen molar-refractivity contribution in [3.05, 3.63) is 0 Å². The minimum absolute atomic E-state index is 0. The molecule has 0 bridgehead atoms. The van der Waals surface area contributed by atoms with Crippen LogP contribution in [0.4, 0.5) is 9.59 Å². The van der Waals surface area contributed by atoms with Crippen LogP contribution >= 0.6 is 0 Å². The molecule has 0 fully saturated rings. The normalized spacial score (nSPS) is 7.20. The Morgan fingerprint density at radius 2 is 1.30 bits per heavy atom. The summed E-state index contributed by atoms with van der Waals surface area (Å²) >= 11 is 0. The Balaban J connectivity index is 0. The van der Waals surface area contributed by atoms with E-state index in [4.69, 9.17) is 10.2 Å². The van der Waals surface area contributed by atoms with E-state index in [-0.39, 0.29) is 29.6 Å². The Hall–Kier alpha value is -0.500. The molecule has 0 unspecified atom stereocenters. The van der Waals surface area contributed by atoms with Gasteiger partial charge in [-0.1, -0.05) is 0 Å². The number of hydrogen-bond donors (Lipinski definition) is 2. The third-order valence-corrected chi connectivity index (χ3v) is 0.211. The summed E-state index contributed by atoms with van der Waals surface area (Å²) in [4.78, 5) is 25.1. The summed E-state index contributed by atoms with van der Waals surface area (Å²) in [6.07, 6.45) is -3.59. The van der Waals surface area contributed by atoms with E-state index >= 15 is 0 Å². The minimum atomic E-state index is -1.80. The first-order chi connectivity index (χ1) is 4.13. The Bertz CT molecular complexity index is 107. The van der Waals surface area contributed by atoms with Crippen LogP contribution in [0.15, 0.2) is 0 Å². The molecule has 0 saturated heterocycles. The predicted octanol–water partition coefficient (Wildman–Crippen LogP) is -0.426. The molecule has 0 rings (SSSR count). The van der Waals surface area contributed by atoms with Crippen LogP contribution in [-0.2, 0) is 14.8 Å². The average molecular weight is 162 g/mol. The van der Waals surface area contributed by atoms with E-state index in [1.165, 1.54) is 0 Å². The molecule has 7 nitrogen and oxygen atoms in total. The van der Waals surface area contributed by atoms with E-state index < -0.39 is 12.3 Å². The second kappa shape index (κ2) is 6.62. The standard InChI is InChI=1S/C2H2O7.Na.H/c3-1(4)7-9-8-2(5)6;;/h(H,3,4)(H,5,6);;. The maximum atomic E-state index is 9.36. The van der Waals surface area contributed by atoms with Crippen LogP contribution in [0.2, 0.25) is 0 Å². The van der Waals surface area contributed by atoms with Gasteiger partial charge in [-0.3, -0.25) is 0 Å². The fourth-order valence-electron chi connectivity index (χ4n) is 0.0752. The van der Waals surface area contributed by atoms with E-state index in [1.807, 2.05) is 0 Å². The van der Waals surface area contributed by atoms with Gasteiger partial charge in [0.1, 0.15) is 0 Å². The number of carbonyl (C=O) groups is 2. The Morgan fingerprint density at radius 1 is 1.00 bits per heavy atom. The average Bonchev–Trinajstić information content (AvgIpc) is 1.63. The molecule has 0 aromatic carbocycles. The Labute approximate surface area is 76.6 Å². The monoisotopic (exact) mass is 162 g/mol. The Kier molecular flexibility index (Phi) is 8.07. The molecular weight excluding hydrogens is 159 g/mol. The van der Waals surface area contributed by atoms with Gasteiger partial charge in [0.25, 0.3) is 0 Å². The van der Waals surface area contributed by atoms with E-state index in [0.29, 0.717) is 0 Å². The molecular formula is C2H3NaO7. The molecule has 0 amide bonds. The molecule has 0 aliphatic heterocycles. The molecule has 8 heteroatoms. The van der Waals surface area contributed by atoms with E-state index in [1.54, 1.807) is 0 Å². The molecule has 2 N–H and O–H groups in total. The summed E-state index contributed by atoms with van der Waals surface area (Å²) in [6, 6.07) is 0. The van der Waals surface area contributed by atoms with Gasteiger partial charge >= 0.3 is 41.9 Å². The second-order valence-electron chi connectivity index (χ2n) is 0.767. The van der Waals surface area contributed by atoms with Gasteiger partial charge in [0.05, 0.1) is 5.04 Å². The number of hydrogen-bond acceptors (Lipinski definition) is 5. The first kappa shape index (κ1) is 12.2. The van der Waals surface area contributed by atoms with Crippen molar-refractivity contribution in [2.75, 3.05) is 0 Å². The van der Waals surface area contributed by atoms with Crippen LogP contribution in [0.1, 0.15) is 0 Å². The zero-order chi connectivity index (χ0) is 7.28. The van der Waals surface area contributed by atoms with Crippen molar-refractivity contribution in [1.29, 1.82) is 0 Å². The van der Waals surface area contributed by atoms with Crippen molar-refractivity contribution in [1.82, 2.24) is 0 Å². The van der Waals surface area contributed by atoms with Gasteiger partial charge in [-0.15, -0.1) is 0 Å². The molecule has 0 spiro atoms. The van der Waals surface area contributed by atoms with Gasteiger partial charge in [0.15, 0.2) is 0 Å². The topological polar surface area (TPSA) is 102 Å². The van der Waals surface area contributed by atoms with Crippen molar-refractivity contribution in [3.8, 4) is 0 Å².